The van der Waals surface area contributed by atoms with E-state index in [0.29, 0.717) is 56.1 Å². The molecule has 0 bridgehead atoms. The summed E-state index contributed by atoms with van der Waals surface area (Å²) in [5, 5.41) is 29.4. The van der Waals surface area contributed by atoms with Gasteiger partial charge in [-0.2, -0.15) is 0 Å². The van der Waals surface area contributed by atoms with Crippen LogP contribution in [-0.4, -0.2) is 89.5 Å². The first-order valence-corrected chi connectivity index (χ1v) is 20.4. The highest BCUT2D eigenvalue weighted by Crippen LogP contribution is 2.31. The van der Waals surface area contributed by atoms with Crippen molar-refractivity contribution in [3.05, 3.63) is 81.3 Å². The van der Waals surface area contributed by atoms with E-state index in [1.54, 1.807) is 21.9 Å². The summed E-state index contributed by atoms with van der Waals surface area (Å²) < 4.78 is 30.2. The second kappa shape index (κ2) is 18.2. The van der Waals surface area contributed by atoms with Crippen molar-refractivity contribution < 1.29 is 28.3 Å². The number of oxime groups is 1. The zero-order valence-corrected chi connectivity index (χ0v) is 31.5. The third-order valence-electron chi connectivity index (χ3n) is 10.2. The molecule has 1 aromatic heterocycles. The van der Waals surface area contributed by atoms with Gasteiger partial charge in [-0.1, -0.05) is 87.5 Å². The zero-order chi connectivity index (χ0) is 37.3. The lowest BCUT2D eigenvalue weighted by Crippen LogP contribution is -2.57. The largest absolute Gasteiger partial charge is 0.411 e. The minimum Gasteiger partial charge on any atom is -0.411 e. The van der Waals surface area contributed by atoms with Crippen LogP contribution >= 0.6 is 11.3 Å². The molecule has 4 atom stereocenters. The maximum Gasteiger partial charge on any atom is 0.321 e. The van der Waals surface area contributed by atoms with E-state index >= 15 is 0 Å². The van der Waals surface area contributed by atoms with Gasteiger partial charge in [-0.25, -0.2) is 22.9 Å². The van der Waals surface area contributed by atoms with E-state index in [2.05, 4.69) is 20.2 Å². The Morgan fingerprint density at radius 1 is 1.17 bits per heavy atom. The molecule has 3 amide bonds. The van der Waals surface area contributed by atoms with Crippen LogP contribution in [0.2, 0.25) is 0 Å². The van der Waals surface area contributed by atoms with Gasteiger partial charge in [0.05, 0.1) is 35.5 Å². The van der Waals surface area contributed by atoms with Crippen LogP contribution in [-0.2, 0) is 40.7 Å². The summed E-state index contributed by atoms with van der Waals surface area (Å²) >= 11 is 1.45. The molecule has 0 unspecified atom stereocenters. The highest BCUT2D eigenvalue weighted by molar-refractivity contribution is 7.89. The molecule has 13 nitrogen and oxygen atoms in total. The fraction of sp³-hybridized carbons (Fsp3) is 0.514. The van der Waals surface area contributed by atoms with Crippen LogP contribution in [0.1, 0.15) is 73.3 Å². The number of thiazole rings is 1. The fourth-order valence-electron chi connectivity index (χ4n) is 7.18. The van der Waals surface area contributed by atoms with Crippen molar-refractivity contribution in [2.75, 3.05) is 19.6 Å². The molecule has 1 aliphatic heterocycles. The number of aliphatic hydroxyl groups excluding tert-OH is 1. The second-order valence-corrected chi connectivity index (χ2v) is 16.5. The standard InChI is InChI=1S/C37H51N7O6S2/c1-3-25(2)35(44-16-15-43(37(44)47)23-30-24-51-34(20-38)41-30)36(46)42-31(19-27-9-5-4-6-10-27)32(45)22-40-52(49,50)33-14-13-28(21-39-48)18-29(33)17-26-11-7-8-12-26/h4-6,9-10,13-14,18,21,24-26,31-32,35,40,45,48H,3,7-8,11-12,15-17,19-20,22-23,38H2,1-2H3,(H,42,46)/b39-21+/t25-,31-,32+,35-/m0/s1. The van der Waals surface area contributed by atoms with Crippen LogP contribution in [0.4, 0.5) is 4.79 Å². The van der Waals surface area contributed by atoms with Crippen LogP contribution in [0.25, 0.3) is 0 Å². The van der Waals surface area contributed by atoms with E-state index in [4.69, 9.17) is 10.9 Å². The number of nitrogens with zero attached hydrogens (tertiary/aromatic N) is 4. The Bertz CT molecular complexity index is 1780. The number of aromatic nitrogens is 1. The van der Waals surface area contributed by atoms with E-state index in [9.17, 15) is 23.1 Å². The predicted molar refractivity (Wildman–Crippen MR) is 201 cm³/mol. The van der Waals surface area contributed by atoms with Gasteiger partial charge >= 0.3 is 6.03 Å². The fourth-order valence-corrected chi connectivity index (χ4v) is 9.12. The maximum absolute atomic E-state index is 14.2. The molecular formula is C37H51N7O6S2. The quantitative estimate of drug-likeness (QED) is 0.0735. The first-order valence-electron chi connectivity index (χ1n) is 18.0. The first kappa shape index (κ1) is 39.3. The van der Waals surface area contributed by atoms with Crippen molar-refractivity contribution in [1.82, 2.24) is 24.8 Å². The molecule has 0 spiro atoms. The normalized spacial score (nSPS) is 17.9. The number of hydrogen-bond donors (Lipinski definition) is 5. The van der Waals surface area contributed by atoms with Gasteiger partial charge in [0.2, 0.25) is 15.9 Å². The number of amides is 3. The van der Waals surface area contributed by atoms with Crippen LogP contribution < -0.4 is 15.8 Å². The number of carbonyl (C=O) groups is 2. The number of nitrogens with one attached hydrogen (secondary N) is 2. The molecule has 52 heavy (non-hydrogen) atoms. The summed E-state index contributed by atoms with van der Waals surface area (Å²) in [6.07, 6.45) is 5.65. The Kier molecular flexibility index (Phi) is 13.8. The van der Waals surface area contributed by atoms with Crippen molar-refractivity contribution >= 4 is 39.5 Å². The number of nitrogens with two attached hydrogens (primary N) is 1. The van der Waals surface area contributed by atoms with Crippen LogP contribution in [0, 0.1) is 11.8 Å². The molecule has 6 N–H and O–H groups in total. The monoisotopic (exact) mass is 753 g/mol. The van der Waals surface area contributed by atoms with Crippen LogP contribution in [0.15, 0.2) is 64.0 Å². The number of urea groups is 1. The SMILES string of the molecule is CC[C@H](C)[C@@H](C(=O)N[C@@H](Cc1ccccc1)[C@H](O)CNS(=O)(=O)c1ccc(/C=N/O)cc1CC1CCCC1)N1CCN(Cc2csc(CN)n2)C1=O. The van der Waals surface area contributed by atoms with E-state index in [0.717, 1.165) is 41.9 Å². The second-order valence-electron chi connectivity index (χ2n) is 13.9. The Hall–Kier alpha value is -3.89. The Balaban J connectivity index is 1.33. The van der Waals surface area contributed by atoms with E-state index in [-0.39, 0.29) is 29.8 Å². The molecule has 1 saturated carbocycles. The minimum atomic E-state index is -4.08. The molecule has 2 heterocycles. The molecule has 2 aromatic carbocycles. The molecule has 0 radical (unpaired) electrons. The van der Waals surface area contributed by atoms with Crippen molar-refractivity contribution in [2.45, 2.75) is 95.0 Å². The average molecular weight is 754 g/mol. The lowest BCUT2D eigenvalue weighted by molar-refractivity contribution is -0.128. The molecule has 5 rings (SSSR count). The van der Waals surface area contributed by atoms with Gasteiger partial charge in [-0.3, -0.25) is 4.79 Å². The van der Waals surface area contributed by atoms with Crippen molar-refractivity contribution in [3.63, 3.8) is 0 Å². The van der Waals surface area contributed by atoms with Gasteiger partial charge < -0.3 is 31.2 Å². The molecule has 2 fully saturated rings. The molecular weight excluding hydrogens is 703 g/mol. The molecule has 1 saturated heterocycles. The van der Waals surface area contributed by atoms with Crippen molar-refractivity contribution in [1.29, 1.82) is 0 Å². The Morgan fingerprint density at radius 2 is 1.92 bits per heavy atom. The summed E-state index contributed by atoms with van der Waals surface area (Å²) in [6.45, 7) is 4.96. The topological polar surface area (TPSA) is 191 Å². The summed E-state index contributed by atoms with van der Waals surface area (Å²) in [6, 6.07) is 12.2. The third-order valence-corrected chi connectivity index (χ3v) is 12.6. The van der Waals surface area contributed by atoms with Crippen molar-refractivity contribution in [2.24, 2.45) is 22.7 Å². The Morgan fingerprint density at radius 3 is 2.60 bits per heavy atom. The molecule has 15 heteroatoms. The van der Waals surface area contributed by atoms with Gasteiger partial charge in [0.25, 0.3) is 0 Å². The summed E-state index contributed by atoms with van der Waals surface area (Å²) in [4.78, 5) is 35.7. The minimum absolute atomic E-state index is 0.108. The van der Waals surface area contributed by atoms with Gasteiger partial charge in [0.1, 0.15) is 11.0 Å². The molecule has 3 aromatic rings. The van der Waals surface area contributed by atoms with Gasteiger partial charge in [-0.05, 0) is 53.5 Å². The summed E-state index contributed by atoms with van der Waals surface area (Å²) in [5.41, 5.74) is 8.52. The lowest BCUT2D eigenvalue weighted by atomic mass is 9.95. The Labute approximate surface area is 310 Å². The number of rotatable bonds is 18. The smallest absolute Gasteiger partial charge is 0.321 e. The van der Waals surface area contributed by atoms with Gasteiger partial charge in [-0.15, -0.1) is 11.3 Å². The van der Waals surface area contributed by atoms with Gasteiger partial charge in [0, 0.05) is 31.6 Å². The third kappa shape index (κ3) is 9.95. The predicted octanol–water partition coefficient (Wildman–Crippen LogP) is 3.86. The summed E-state index contributed by atoms with van der Waals surface area (Å²) in [5.74, 6) is -0.251. The number of carbonyl (C=O) groups excluding carboxylic acids is 2. The highest BCUT2D eigenvalue weighted by Gasteiger charge is 2.41. The van der Waals surface area contributed by atoms with Crippen LogP contribution in [0.3, 0.4) is 0 Å². The number of hydrogen-bond acceptors (Lipinski definition) is 10. The van der Waals surface area contributed by atoms with E-state index < -0.39 is 34.1 Å². The number of benzene rings is 2. The highest BCUT2D eigenvalue weighted by atomic mass is 32.2. The number of sulfonamides is 1. The van der Waals surface area contributed by atoms with Gasteiger partial charge in [0.15, 0.2) is 0 Å². The molecule has 2 aliphatic rings. The van der Waals surface area contributed by atoms with Crippen LogP contribution in [0.5, 0.6) is 0 Å². The first-order chi connectivity index (χ1) is 25.0. The lowest BCUT2D eigenvalue weighted by Gasteiger charge is -2.33. The summed E-state index contributed by atoms with van der Waals surface area (Å²) in [7, 11) is -4.08. The molecule has 282 valence electrons. The molecule has 1 aliphatic carbocycles. The van der Waals surface area contributed by atoms with Crippen molar-refractivity contribution in [3.8, 4) is 0 Å². The average Bonchev–Trinajstić information content (AvgIpc) is 3.91. The van der Waals surface area contributed by atoms with E-state index in [1.165, 1.54) is 23.6 Å². The maximum atomic E-state index is 14.2. The number of aliphatic hydroxyl groups is 1. The van der Waals surface area contributed by atoms with E-state index in [1.807, 2.05) is 49.6 Å². The zero-order valence-electron chi connectivity index (χ0n) is 29.9.